The van der Waals surface area contributed by atoms with Gasteiger partial charge in [-0.1, -0.05) is 18.2 Å². The molecule has 2 amide bonds. The minimum atomic E-state index is -4.61. The van der Waals surface area contributed by atoms with Crippen molar-refractivity contribution in [3.63, 3.8) is 0 Å². The molecule has 3 N–H and O–H groups in total. The van der Waals surface area contributed by atoms with Crippen LogP contribution in [0.3, 0.4) is 0 Å². The van der Waals surface area contributed by atoms with Crippen LogP contribution in [-0.4, -0.2) is 38.8 Å². The molecule has 4 heterocycles. The second kappa shape index (κ2) is 8.50. The summed E-state index contributed by atoms with van der Waals surface area (Å²) in [5.74, 6) is -0.572. The zero-order chi connectivity index (χ0) is 26.6. The molecule has 0 unspecified atom stereocenters. The van der Waals surface area contributed by atoms with Crippen LogP contribution in [0.5, 0.6) is 0 Å². The summed E-state index contributed by atoms with van der Waals surface area (Å²) in [6.45, 7) is 5.33. The number of halogens is 3. The maximum Gasteiger partial charge on any atom is 0.419 e. The normalized spacial score (nSPS) is 19.2. The van der Waals surface area contributed by atoms with Crippen LogP contribution >= 0.6 is 0 Å². The highest BCUT2D eigenvalue weighted by Crippen LogP contribution is 2.44. The molecule has 2 aliphatic heterocycles. The molecule has 8 nitrogen and oxygen atoms in total. The molecular weight excluding hydrogens is 483 g/mol. The lowest BCUT2D eigenvalue weighted by molar-refractivity contribution is -0.137. The number of carbonyl (C=O) groups excluding carboxylic acids is 1. The monoisotopic (exact) mass is 509 g/mol. The SMILES string of the molecule is CC(C)(NC(=O)N1CC[C@@]2(CCn3nc(-c4cnc(N)c(C(F)(F)F)c4)cc32)C1)c1ccccc1C#N. The van der Waals surface area contributed by atoms with Crippen molar-refractivity contribution in [2.45, 2.75) is 50.4 Å². The molecule has 0 aliphatic carbocycles. The van der Waals surface area contributed by atoms with Crippen LogP contribution in [0, 0.1) is 11.3 Å². The highest BCUT2D eigenvalue weighted by Gasteiger charge is 2.47. The molecule has 1 atom stereocenters. The lowest BCUT2D eigenvalue weighted by atomic mass is 9.82. The largest absolute Gasteiger partial charge is 0.419 e. The number of fused-ring (bicyclic) bond motifs is 2. The number of nitrogens with one attached hydrogen (secondary N) is 1. The predicted octanol–water partition coefficient (Wildman–Crippen LogP) is 4.41. The van der Waals surface area contributed by atoms with E-state index in [4.69, 9.17) is 5.73 Å². The van der Waals surface area contributed by atoms with Crippen LogP contribution in [-0.2, 0) is 23.7 Å². The van der Waals surface area contributed by atoms with Crippen LogP contribution < -0.4 is 11.1 Å². The first-order valence-corrected chi connectivity index (χ1v) is 11.9. The first-order chi connectivity index (χ1) is 17.4. The van der Waals surface area contributed by atoms with Gasteiger partial charge in [0.25, 0.3) is 0 Å². The van der Waals surface area contributed by atoms with Gasteiger partial charge < -0.3 is 16.0 Å². The van der Waals surface area contributed by atoms with Crippen molar-refractivity contribution in [1.29, 1.82) is 5.26 Å². The van der Waals surface area contributed by atoms with Crippen LogP contribution in [0.4, 0.5) is 23.8 Å². The fourth-order valence-corrected chi connectivity index (χ4v) is 5.44. The van der Waals surface area contributed by atoms with E-state index in [9.17, 15) is 23.2 Å². The number of likely N-dealkylation sites (tertiary alicyclic amines) is 1. The number of nitrogens with zero attached hydrogens (tertiary/aromatic N) is 5. The number of anilines is 1. The topological polar surface area (TPSA) is 113 Å². The highest BCUT2D eigenvalue weighted by atomic mass is 19.4. The van der Waals surface area contributed by atoms with Gasteiger partial charge in [-0.25, -0.2) is 9.78 Å². The van der Waals surface area contributed by atoms with E-state index in [0.29, 0.717) is 37.3 Å². The van der Waals surface area contributed by atoms with E-state index in [2.05, 4.69) is 21.5 Å². The Kier molecular flexibility index (Phi) is 5.66. The van der Waals surface area contributed by atoms with Crippen molar-refractivity contribution in [1.82, 2.24) is 25.0 Å². The van der Waals surface area contributed by atoms with Crippen LogP contribution in [0.1, 0.15) is 49.1 Å². The second-order valence-electron chi connectivity index (χ2n) is 10.2. The number of aromatic nitrogens is 3. The third kappa shape index (κ3) is 4.26. The van der Waals surface area contributed by atoms with E-state index in [1.54, 1.807) is 23.1 Å². The Morgan fingerprint density at radius 3 is 2.62 bits per heavy atom. The molecule has 3 aromatic rings. The molecule has 1 fully saturated rings. The van der Waals surface area contributed by atoms with Crippen molar-refractivity contribution < 1.29 is 18.0 Å². The number of hydrogen-bond acceptors (Lipinski definition) is 5. The van der Waals surface area contributed by atoms with Crippen molar-refractivity contribution in [2.24, 2.45) is 0 Å². The Balaban J connectivity index is 1.36. The second-order valence-corrected chi connectivity index (χ2v) is 10.2. The Morgan fingerprint density at radius 1 is 1.16 bits per heavy atom. The van der Waals surface area contributed by atoms with E-state index in [1.165, 1.54) is 6.20 Å². The molecule has 0 radical (unpaired) electrons. The number of pyridine rings is 1. The molecule has 37 heavy (non-hydrogen) atoms. The summed E-state index contributed by atoms with van der Waals surface area (Å²) in [6, 6.07) is 11.9. The lowest BCUT2D eigenvalue weighted by Gasteiger charge is -2.31. The Hall–Kier alpha value is -4.07. The third-order valence-corrected chi connectivity index (χ3v) is 7.43. The van der Waals surface area contributed by atoms with Crippen LogP contribution in [0.25, 0.3) is 11.3 Å². The molecule has 192 valence electrons. The molecule has 1 spiro atoms. The molecule has 1 aromatic carbocycles. The fraction of sp³-hybridized carbons (Fsp3) is 0.385. The highest BCUT2D eigenvalue weighted by molar-refractivity contribution is 5.76. The first kappa shape index (κ1) is 24.6. The quantitative estimate of drug-likeness (QED) is 0.543. The number of nitrogen functional groups attached to an aromatic ring is 1. The van der Waals surface area contributed by atoms with Crippen molar-refractivity contribution >= 4 is 11.8 Å². The van der Waals surface area contributed by atoms with E-state index < -0.39 is 23.1 Å². The number of aryl methyl sites for hydroxylation is 1. The van der Waals surface area contributed by atoms with Crippen LogP contribution in [0.2, 0.25) is 0 Å². The number of urea groups is 1. The third-order valence-electron chi connectivity index (χ3n) is 7.43. The Bertz CT molecular complexity index is 1420. The zero-order valence-corrected chi connectivity index (χ0v) is 20.4. The van der Waals surface area contributed by atoms with Gasteiger partial charge in [-0.2, -0.15) is 23.5 Å². The lowest BCUT2D eigenvalue weighted by Crippen LogP contribution is -2.48. The van der Waals surface area contributed by atoms with Gasteiger partial charge in [0.1, 0.15) is 5.82 Å². The van der Waals surface area contributed by atoms with E-state index in [-0.39, 0.29) is 17.0 Å². The van der Waals surface area contributed by atoms with Gasteiger partial charge in [0.05, 0.1) is 28.4 Å². The van der Waals surface area contributed by atoms with Gasteiger partial charge in [-0.3, -0.25) is 4.68 Å². The number of nitrogens with two attached hydrogens (primary N) is 1. The van der Waals surface area contributed by atoms with Crippen LogP contribution in [0.15, 0.2) is 42.6 Å². The molecule has 11 heteroatoms. The number of hydrogen-bond donors (Lipinski definition) is 2. The van der Waals surface area contributed by atoms with Gasteiger partial charge in [-0.15, -0.1) is 0 Å². The van der Waals surface area contributed by atoms with E-state index in [1.807, 2.05) is 30.7 Å². The van der Waals surface area contributed by atoms with Gasteiger partial charge >= 0.3 is 12.2 Å². The van der Waals surface area contributed by atoms with Gasteiger partial charge in [0, 0.05) is 42.5 Å². The average molecular weight is 510 g/mol. The smallest absolute Gasteiger partial charge is 0.383 e. The molecule has 1 saturated heterocycles. The number of benzene rings is 1. The average Bonchev–Trinajstić information content (AvgIpc) is 3.55. The molecule has 2 aromatic heterocycles. The van der Waals surface area contributed by atoms with Crippen molar-refractivity contribution in [3.05, 3.63) is 65.0 Å². The fourth-order valence-electron chi connectivity index (χ4n) is 5.44. The van der Waals surface area contributed by atoms with Gasteiger partial charge in [0.15, 0.2) is 0 Å². The summed E-state index contributed by atoms with van der Waals surface area (Å²) < 4.78 is 41.8. The molecule has 0 bridgehead atoms. The van der Waals surface area contributed by atoms with Gasteiger partial charge in [-0.05, 0) is 50.5 Å². The summed E-state index contributed by atoms with van der Waals surface area (Å²) in [5, 5.41) is 17.1. The maximum absolute atomic E-state index is 13.3. The van der Waals surface area contributed by atoms with E-state index in [0.717, 1.165) is 23.7 Å². The zero-order valence-electron chi connectivity index (χ0n) is 20.4. The summed E-state index contributed by atoms with van der Waals surface area (Å²) >= 11 is 0. The first-order valence-electron chi connectivity index (χ1n) is 11.9. The minimum Gasteiger partial charge on any atom is -0.383 e. The number of nitriles is 1. The predicted molar refractivity (Wildman–Crippen MR) is 130 cm³/mol. The number of rotatable bonds is 3. The molecule has 2 aliphatic rings. The van der Waals surface area contributed by atoms with Crippen molar-refractivity contribution in [3.8, 4) is 17.3 Å². The molecule has 0 saturated carbocycles. The standard InChI is InChI=1S/C26H26F3N7O/c1-24(2,18-6-4-3-5-16(18)13-30)33-23(37)35-9-7-25(15-35)8-10-36-21(25)12-20(34-36)17-11-19(26(27,28)29)22(31)32-14-17/h3-6,11-12,14H,7-10,15H2,1-2H3,(H2,31,32)(H,33,37)/t25-/m1/s1. The maximum atomic E-state index is 13.3. The summed E-state index contributed by atoms with van der Waals surface area (Å²) in [5.41, 5.74) is 6.14. The summed E-state index contributed by atoms with van der Waals surface area (Å²) in [6.07, 6.45) is -1.81. The van der Waals surface area contributed by atoms with Crippen molar-refractivity contribution in [2.75, 3.05) is 18.8 Å². The molecular formula is C26H26F3N7O. The van der Waals surface area contributed by atoms with Gasteiger partial charge in [0.2, 0.25) is 0 Å². The number of amides is 2. The van der Waals surface area contributed by atoms with E-state index >= 15 is 0 Å². The number of alkyl halides is 3. The number of carbonyl (C=O) groups is 1. The molecule has 5 rings (SSSR count). The summed E-state index contributed by atoms with van der Waals surface area (Å²) in [7, 11) is 0. The summed E-state index contributed by atoms with van der Waals surface area (Å²) in [4.78, 5) is 18.7. The minimum absolute atomic E-state index is 0.231. The Morgan fingerprint density at radius 2 is 1.89 bits per heavy atom. The Labute approximate surface area is 211 Å².